The molecule has 2 amide bonds. The molecule has 0 aliphatic carbocycles. The lowest BCUT2D eigenvalue weighted by Gasteiger charge is -2.32. The standard InChI is InChI=1S/C25H29F3N6O3/c1-15(2)25(29,23(36)33-14-24(26,27)28)17-8-16(10-30-11-17)20-13-32-22-19(20)9-18(12-31-22)37-7-6-34-5-3-4-21(34)35/h8-13,15H,3-7,14,29H2,1-2H3,(H,31,32)(H,33,36). The first-order valence-corrected chi connectivity index (χ1v) is 12.0. The Bertz CT molecular complexity index is 1290. The lowest BCUT2D eigenvalue weighted by atomic mass is 9.80. The number of H-pyrrole nitrogens is 1. The summed E-state index contributed by atoms with van der Waals surface area (Å²) in [7, 11) is 0. The number of aromatic nitrogens is 3. The third-order valence-corrected chi connectivity index (χ3v) is 6.57. The number of aromatic amines is 1. The molecule has 1 aliphatic rings. The number of carbonyl (C=O) groups is 2. The highest BCUT2D eigenvalue weighted by atomic mass is 19.4. The molecule has 1 fully saturated rings. The number of ether oxygens (including phenoxy) is 1. The van der Waals surface area contributed by atoms with E-state index in [1.165, 1.54) is 6.20 Å². The molecule has 0 bridgehead atoms. The molecule has 4 rings (SSSR count). The van der Waals surface area contributed by atoms with Gasteiger partial charge in [-0.1, -0.05) is 13.8 Å². The van der Waals surface area contributed by atoms with Crippen molar-refractivity contribution in [3.8, 4) is 16.9 Å². The van der Waals surface area contributed by atoms with Gasteiger partial charge in [0.1, 0.15) is 30.1 Å². The molecular weight excluding hydrogens is 489 g/mol. The molecule has 1 unspecified atom stereocenters. The van der Waals surface area contributed by atoms with Crippen LogP contribution in [-0.2, 0) is 15.1 Å². The fourth-order valence-corrected chi connectivity index (χ4v) is 4.38. The Balaban J connectivity index is 1.58. The number of carbonyl (C=O) groups excluding carboxylic acids is 2. The number of hydrogen-bond donors (Lipinski definition) is 3. The minimum Gasteiger partial charge on any atom is -0.490 e. The molecule has 1 aliphatic heterocycles. The van der Waals surface area contributed by atoms with Gasteiger partial charge in [-0.25, -0.2) is 4.98 Å². The van der Waals surface area contributed by atoms with Crippen molar-refractivity contribution in [2.24, 2.45) is 11.7 Å². The second-order valence-corrected chi connectivity index (χ2v) is 9.39. The Morgan fingerprint density at radius 1 is 1.27 bits per heavy atom. The van der Waals surface area contributed by atoms with Crippen LogP contribution in [0.1, 0.15) is 32.3 Å². The minimum atomic E-state index is -4.56. The summed E-state index contributed by atoms with van der Waals surface area (Å²) in [6, 6.07) is 3.45. The first-order chi connectivity index (χ1) is 17.5. The van der Waals surface area contributed by atoms with Gasteiger partial charge in [-0.15, -0.1) is 0 Å². The number of nitrogens with one attached hydrogen (secondary N) is 2. The summed E-state index contributed by atoms with van der Waals surface area (Å²) in [6.07, 6.45) is 3.13. The summed E-state index contributed by atoms with van der Waals surface area (Å²) < 4.78 is 44.0. The maximum absolute atomic E-state index is 12.8. The Labute approximate surface area is 211 Å². The van der Waals surface area contributed by atoms with Gasteiger partial charge in [-0.3, -0.25) is 14.6 Å². The first-order valence-electron chi connectivity index (χ1n) is 12.0. The predicted molar refractivity (Wildman–Crippen MR) is 130 cm³/mol. The maximum atomic E-state index is 12.8. The van der Waals surface area contributed by atoms with Crippen LogP contribution in [0.4, 0.5) is 13.2 Å². The van der Waals surface area contributed by atoms with Gasteiger partial charge in [0, 0.05) is 53.6 Å². The van der Waals surface area contributed by atoms with E-state index in [1.807, 2.05) is 5.32 Å². The molecular formula is C25H29F3N6O3. The smallest absolute Gasteiger partial charge is 0.405 e. The van der Waals surface area contributed by atoms with Gasteiger partial charge < -0.3 is 25.7 Å². The van der Waals surface area contributed by atoms with E-state index < -0.39 is 30.1 Å². The fourth-order valence-electron chi connectivity index (χ4n) is 4.38. The fraction of sp³-hybridized carbons (Fsp3) is 0.440. The molecule has 4 N–H and O–H groups in total. The Hall–Kier alpha value is -3.67. The van der Waals surface area contributed by atoms with E-state index in [2.05, 4.69) is 15.0 Å². The largest absolute Gasteiger partial charge is 0.490 e. The van der Waals surface area contributed by atoms with Crippen molar-refractivity contribution in [1.29, 1.82) is 0 Å². The van der Waals surface area contributed by atoms with Crippen molar-refractivity contribution in [3.63, 3.8) is 0 Å². The van der Waals surface area contributed by atoms with E-state index in [0.717, 1.165) is 18.4 Å². The first kappa shape index (κ1) is 26.4. The molecule has 1 saturated heterocycles. The lowest BCUT2D eigenvalue weighted by Crippen LogP contribution is -2.56. The Morgan fingerprint density at radius 3 is 2.73 bits per heavy atom. The normalized spacial score (nSPS) is 15.9. The van der Waals surface area contributed by atoms with Gasteiger partial charge in [0.25, 0.3) is 0 Å². The van der Waals surface area contributed by atoms with Crippen LogP contribution in [-0.4, -0.2) is 64.1 Å². The van der Waals surface area contributed by atoms with Crippen LogP contribution >= 0.6 is 0 Å². The predicted octanol–water partition coefficient (Wildman–Crippen LogP) is 3.11. The number of halogens is 3. The van der Waals surface area contributed by atoms with E-state index in [4.69, 9.17) is 10.5 Å². The third-order valence-electron chi connectivity index (χ3n) is 6.57. The third kappa shape index (κ3) is 5.68. The van der Waals surface area contributed by atoms with Crippen LogP contribution in [0.3, 0.4) is 0 Å². The lowest BCUT2D eigenvalue weighted by molar-refractivity contribution is -0.143. The van der Waals surface area contributed by atoms with Crippen LogP contribution in [0.5, 0.6) is 5.75 Å². The SMILES string of the molecule is CC(C)C(N)(C(=O)NCC(F)(F)F)c1cncc(-c2c[nH]c3ncc(OCCN4CCCC4=O)cc23)c1. The molecule has 1 atom stereocenters. The van der Waals surface area contributed by atoms with Crippen LogP contribution in [0.25, 0.3) is 22.2 Å². The number of nitrogens with zero attached hydrogens (tertiary/aromatic N) is 3. The Morgan fingerprint density at radius 2 is 2.05 bits per heavy atom. The van der Waals surface area contributed by atoms with Gasteiger partial charge in [0.05, 0.1) is 12.7 Å². The van der Waals surface area contributed by atoms with E-state index in [1.54, 1.807) is 49.5 Å². The van der Waals surface area contributed by atoms with E-state index in [0.29, 0.717) is 42.1 Å². The average Bonchev–Trinajstić information content (AvgIpc) is 3.47. The number of hydrogen-bond acceptors (Lipinski definition) is 6. The number of rotatable bonds is 9. The van der Waals surface area contributed by atoms with Crippen LogP contribution in [0, 0.1) is 5.92 Å². The monoisotopic (exact) mass is 518 g/mol. The summed E-state index contributed by atoms with van der Waals surface area (Å²) in [5, 5.41) is 2.63. The van der Waals surface area contributed by atoms with Crippen molar-refractivity contribution in [2.45, 2.75) is 38.4 Å². The molecule has 198 valence electrons. The molecule has 3 aromatic heterocycles. The van der Waals surface area contributed by atoms with E-state index in [9.17, 15) is 22.8 Å². The van der Waals surface area contributed by atoms with Gasteiger partial charge in [-0.2, -0.15) is 13.2 Å². The molecule has 3 aromatic rings. The number of amides is 2. The summed E-state index contributed by atoms with van der Waals surface area (Å²) in [5.41, 5.74) is 6.87. The van der Waals surface area contributed by atoms with Crippen molar-refractivity contribution in [3.05, 3.63) is 42.5 Å². The maximum Gasteiger partial charge on any atom is 0.405 e. The number of pyridine rings is 2. The molecule has 37 heavy (non-hydrogen) atoms. The molecule has 0 radical (unpaired) electrons. The van der Waals surface area contributed by atoms with Crippen molar-refractivity contribution in [2.75, 3.05) is 26.2 Å². The second-order valence-electron chi connectivity index (χ2n) is 9.39. The van der Waals surface area contributed by atoms with Crippen molar-refractivity contribution >= 4 is 22.8 Å². The number of nitrogens with two attached hydrogens (primary N) is 1. The number of fused-ring (bicyclic) bond motifs is 1. The van der Waals surface area contributed by atoms with Crippen molar-refractivity contribution in [1.82, 2.24) is 25.2 Å². The average molecular weight is 519 g/mol. The molecule has 4 heterocycles. The second kappa shape index (κ2) is 10.4. The summed E-state index contributed by atoms with van der Waals surface area (Å²) in [4.78, 5) is 38.0. The quantitative estimate of drug-likeness (QED) is 0.400. The zero-order valence-electron chi connectivity index (χ0n) is 20.6. The molecule has 9 nitrogen and oxygen atoms in total. The topological polar surface area (TPSA) is 126 Å². The molecule has 12 heteroatoms. The van der Waals surface area contributed by atoms with Crippen molar-refractivity contribution < 1.29 is 27.5 Å². The van der Waals surface area contributed by atoms with Gasteiger partial charge in [-0.05, 0) is 24.5 Å². The van der Waals surface area contributed by atoms with E-state index in [-0.39, 0.29) is 11.5 Å². The summed E-state index contributed by atoms with van der Waals surface area (Å²) in [6.45, 7) is 3.40. The highest BCUT2D eigenvalue weighted by Gasteiger charge is 2.41. The molecule has 0 saturated carbocycles. The molecule has 0 spiro atoms. The number of alkyl halides is 3. The van der Waals surface area contributed by atoms with Crippen LogP contribution in [0.15, 0.2) is 36.9 Å². The Kier molecular flexibility index (Phi) is 7.39. The zero-order chi connectivity index (χ0) is 26.8. The van der Waals surface area contributed by atoms with Gasteiger partial charge >= 0.3 is 6.18 Å². The van der Waals surface area contributed by atoms with Crippen LogP contribution in [0.2, 0.25) is 0 Å². The number of likely N-dealkylation sites (tertiary alicyclic amines) is 1. The van der Waals surface area contributed by atoms with Crippen LogP contribution < -0.4 is 15.8 Å². The summed E-state index contributed by atoms with van der Waals surface area (Å²) in [5.74, 6) is -0.815. The summed E-state index contributed by atoms with van der Waals surface area (Å²) >= 11 is 0. The van der Waals surface area contributed by atoms with E-state index >= 15 is 0 Å². The minimum absolute atomic E-state index is 0.127. The highest BCUT2D eigenvalue weighted by molar-refractivity contribution is 5.95. The highest BCUT2D eigenvalue weighted by Crippen LogP contribution is 2.34. The van der Waals surface area contributed by atoms with Gasteiger partial charge in [0.15, 0.2) is 0 Å². The zero-order valence-corrected chi connectivity index (χ0v) is 20.6. The van der Waals surface area contributed by atoms with Gasteiger partial charge in [0.2, 0.25) is 11.8 Å². The molecule has 0 aromatic carbocycles.